The summed E-state index contributed by atoms with van der Waals surface area (Å²) in [7, 11) is 0. The summed E-state index contributed by atoms with van der Waals surface area (Å²) in [5, 5.41) is -1.87. The number of hydrogen-bond donors (Lipinski definition) is 1. The minimum Gasteiger partial charge on any atom is -0.349 e. The largest absolute Gasteiger partial charge is 0.405 e. The fourth-order valence-electron chi connectivity index (χ4n) is 0.695. The van der Waals surface area contributed by atoms with Crippen LogP contribution in [-0.4, -0.2) is 21.5 Å². The van der Waals surface area contributed by atoms with Gasteiger partial charge in [-0.25, -0.2) is 4.98 Å². The third kappa shape index (κ3) is 2.41. The van der Waals surface area contributed by atoms with Gasteiger partial charge in [-0.05, 0) is 0 Å². The lowest BCUT2D eigenvalue weighted by Gasteiger charge is -2.11. The van der Waals surface area contributed by atoms with E-state index in [4.69, 9.17) is 11.6 Å². The summed E-state index contributed by atoms with van der Waals surface area (Å²) in [5.74, 6) is 0.243. The van der Waals surface area contributed by atoms with Crippen molar-refractivity contribution in [2.75, 3.05) is 0 Å². The SMILES string of the molecule is FC(F)(F)C(Cl)Cc1ncc[nH]1. The molecule has 0 saturated heterocycles. The third-order valence-electron chi connectivity index (χ3n) is 1.28. The standard InChI is InChI=1S/C6H6ClF3N2/c7-4(6(8,9)10)3-5-11-1-2-12-5/h1-2,4H,3H2,(H,11,12). The summed E-state index contributed by atoms with van der Waals surface area (Å²) in [5.41, 5.74) is 0. The molecule has 0 spiro atoms. The molecular weight excluding hydrogens is 193 g/mol. The van der Waals surface area contributed by atoms with Crippen molar-refractivity contribution >= 4 is 11.6 Å². The molecule has 12 heavy (non-hydrogen) atoms. The zero-order chi connectivity index (χ0) is 9.19. The number of aromatic nitrogens is 2. The number of hydrogen-bond acceptors (Lipinski definition) is 1. The van der Waals surface area contributed by atoms with Crippen molar-refractivity contribution in [3.63, 3.8) is 0 Å². The molecule has 0 aliphatic rings. The normalized spacial score (nSPS) is 14.7. The van der Waals surface area contributed by atoms with Crippen molar-refractivity contribution in [1.82, 2.24) is 9.97 Å². The number of aromatic amines is 1. The lowest BCUT2D eigenvalue weighted by Crippen LogP contribution is -2.25. The number of halogens is 4. The van der Waals surface area contributed by atoms with Crippen LogP contribution in [-0.2, 0) is 6.42 Å². The number of alkyl halides is 4. The van der Waals surface area contributed by atoms with Crippen LogP contribution in [0.3, 0.4) is 0 Å². The highest BCUT2D eigenvalue weighted by Gasteiger charge is 2.38. The first-order valence-corrected chi connectivity index (χ1v) is 3.63. The van der Waals surface area contributed by atoms with Crippen LogP contribution in [0.2, 0.25) is 0 Å². The van der Waals surface area contributed by atoms with Gasteiger partial charge < -0.3 is 4.98 Å². The summed E-state index contributed by atoms with van der Waals surface area (Å²) >= 11 is 5.06. The van der Waals surface area contributed by atoms with Crippen LogP contribution < -0.4 is 0 Å². The van der Waals surface area contributed by atoms with Crippen molar-refractivity contribution < 1.29 is 13.2 Å². The van der Waals surface area contributed by atoms with Gasteiger partial charge in [-0.2, -0.15) is 13.2 Å². The van der Waals surface area contributed by atoms with Gasteiger partial charge in [-0.1, -0.05) is 0 Å². The molecular formula is C6H6ClF3N2. The van der Waals surface area contributed by atoms with E-state index in [0.717, 1.165) is 0 Å². The zero-order valence-corrected chi connectivity index (χ0v) is 6.65. The van der Waals surface area contributed by atoms with Crippen LogP contribution in [0, 0.1) is 0 Å². The number of nitrogens with zero attached hydrogens (tertiary/aromatic N) is 1. The Bertz CT molecular complexity index is 231. The maximum absolute atomic E-state index is 11.9. The molecule has 1 N–H and O–H groups in total. The number of nitrogens with one attached hydrogen (secondary N) is 1. The molecule has 68 valence electrons. The Morgan fingerprint density at radius 2 is 2.25 bits per heavy atom. The Morgan fingerprint density at radius 1 is 1.58 bits per heavy atom. The van der Waals surface area contributed by atoms with E-state index in [2.05, 4.69) is 9.97 Å². The highest BCUT2D eigenvalue weighted by atomic mass is 35.5. The van der Waals surface area contributed by atoms with Crippen molar-refractivity contribution in [2.45, 2.75) is 18.0 Å². The molecule has 0 amide bonds. The minimum atomic E-state index is -4.37. The zero-order valence-electron chi connectivity index (χ0n) is 5.90. The molecule has 1 unspecified atom stereocenters. The molecule has 2 nitrogen and oxygen atoms in total. The fraction of sp³-hybridized carbons (Fsp3) is 0.500. The second kappa shape index (κ2) is 3.35. The van der Waals surface area contributed by atoms with Crippen molar-refractivity contribution in [3.8, 4) is 0 Å². The van der Waals surface area contributed by atoms with E-state index >= 15 is 0 Å². The molecule has 0 radical (unpaired) electrons. The average molecular weight is 199 g/mol. The molecule has 0 aromatic carbocycles. The molecule has 0 fully saturated rings. The maximum Gasteiger partial charge on any atom is 0.405 e. The smallest absolute Gasteiger partial charge is 0.349 e. The molecule has 1 heterocycles. The summed E-state index contributed by atoms with van der Waals surface area (Å²) in [6.07, 6.45) is -1.85. The highest BCUT2D eigenvalue weighted by molar-refractivity contribution is 6.21. The molecule has 1 aromatic heterocycles. The van der Waals surface area contributed by atoms with E-state index < -0.39 is 11.6 Å². The molecule has 0 aliphatic heterocycles. The van der Waals surface area contributed by atoms with E-state index in [1.54, 1.807) is 0 Å². The van der Waals surface area contributed by atoms with Gasteiger partial charge in [0.1, 0.15) is 11.2 Å². The van der Waals surface area contributed by atoms with Crippen LogP contribution >= 0.6 is 11.6 Å². The predicted molar refractivity (Wildman–Crippen MR) is 38.0 cm³/mol. The van der Waals surface area contributed by atoms with Gasteiger partial charge in [0.05, 0.1) is 0 Å². The first-order chi connectivity index (χ1) is 5.50. The predicted octanol–water partition coefficient (Wildman–Crippen LogP) is 2.12. The van der Waals surface area contributed by atoms with Crippen LogP contribution in [0.15, 0.2) is 12.4 Å². The van der Waals surface area contributed by atoms with Gasteiger partial charge in [0.2, 0.25) is 0 Å². The minimum absolute atomic E-state index is 0.243. The molecule has 6 heteroatoms. The molecule has 0 saturated carbocycles. The summed E-state index contributed by atoms with van der Waals surface area (Å²) < 4.78 is 35.6. The number of imidazole rings is 1. The van der Waals surface area contributed by atoms with E-state index in [1.807, 2.05) is 0 Å². The Labute approximate surface area is 71.8 Å². The van der Waals surface area contributed by atoms with Crippen LogP contribution in [0.25, 0.3) is 0 Å². The molecule has 0 bridgehead atoms. The second-order valence-corrected chi connectivity index (χ2v) is 2.78. The van der Waals surface area contributed by atoms with Crippen LogP contribution in [0.1, 0.15) is 5.82 Å². The van der Waals surface area contributed by atoms with E-state index in [0.29, 0.717) is 0 Å². The Morgan fingerprint density at radius 3 is 2.67 bits per heavy atom. The first-order valence-electron chi connectivity index (χ1n) is 3.19. The van der Waals surface area contributed by atoms with Gasteiger partial charge in [0, 0.05) is 18.8 Å². The summed E-state index contributed by atoms with van der Waals surface area (Å²) in [6, 6.07) is 0. The van der Waals surface area contributed by atoms with Crippen molar-refractivity contribution in [1.29, 1.82) is 0 Å². The molecule has 1 aromatic rings. The van der Waals surface area contributed by atoms with Gasteiger partial charge in [-0.15, -0.1) is 11.6 Å². The number of H-pyrrole nitrogens is 1. The van der Waals surface area contributed by atoms with Gasteiger partial charge >= 0.3 is 6.18 Å². The molecule has 0 aliphatic carbocycles. The highest BCUT2D eigenvalue weighted by Crippen LogP contribution is 2.26. The summed E-state index contributed by atoms with van der Waals surface area (Å²) in [4.78, 5) is 6.17. The Kier molecular flexibility index (Phi) is 2.62. The second-order valence-electron chi connectivity index (χ2n) is 2.25. The van der Waals surface area contributed by atoms with Gasteiger partial charge in [0.15, 0.2) is 0 Å². The van der Waals surface area contributed by atoms with E-state index in [-0.39, 0.29) is 12.2 Å². The van der Waals surface area contributed by atoms with E-state index in [9.17, 15) is 13.2 Å². The average Bonchev–Trinajstić information content (AvgIpc) is 2.37. The van der Waals surface area contributed by atoms with Gasteiger partial charge in [-0.3, -0.25) is 0 Å². The topological polar surface area (TPSA) is 28.7 Å². The van der Waals surface area contributed by atoms with Crippen molar-refractivity contribution in [2.24, 2.45) is 0 Å². The van der Waals surface area contributed by atoms with Gasteiger partial charge in [0.25, 0.3) is 0 Å². The first kappa shape index (κ1) is 9.38. The molecule has 1 atom stereocenters. The lowest BCUT2D eigenvalue weighted by molar-refractivity contribution is -0.130. The van der Waals surface area contributed by atoms with Crippen LogP contribution in [0.4, 0.5) is 13.2 Å². The lowest BCUT2D eigenvalue weighted by atomic mass is 10.3. The molecule has 1 rings (SSSR count). The summed E-state index contributed by atoms with van der Waals surface area (Å²) in [6.45, 7) is 0. The third-order valence-corrected chi connectivity index (χ3v) is 1.68. The van der Waals surface area contributed by atoms with Crippen LogP contribution in [0.5, 0.6) is 0 Å². The van der Waals surface area contributed by atoms with Crippen molar-refractivity contribution in [3.05, 3.63) is 18.2 Å². The Balaban J connectivity index is 2.53. The fourth-order valence-corrected chi connectivity index (χ4v) is 0.841. The monoisotopic (exact) mass is 198 g/mol. The maximum atomic E-state index is 11.9. The van der Waals surface area contributed by atoms with E-state index in [1.165, 1.54) is 12.4 Å². The Hall–Kier alpha value is -0.710. The quantitative estimate of drug-likeness (QED) is 0.725. The number of rotatable bonds is 2.